The summed E-state index contributed by atoms with van der Waals surface area (Å²) in [7, 11) is 0. The van der Waals surface area contributed by atoms with Crippen molar-refractivity contribution in [2.24, 2.45) is 11.8 Å². The second-order valence-corrected chi connectivity index (χ2v) is 3.83. The van der Waals surface area contributed by atoms with Crippen LogP contribution in [0.5, 0.6) is 0 Å². The van der Waals surface area contributed by atoms with Crippen LogP contribution >= 0.6 is 0 Å². The molecule has 2 heteroatoms. The predicted octanol–water partition coefficient (Wildman–Crippen LogP) is 2.19. The van der Waals surface area contributed by atoms with E-state index in [0.29, 0.717) is 11.8 Å². The molecule has 1 aliphatic carbocycles. The van der Waals surface area contributed by atoms with E-state index in [1.165, 1.54) is 19.3 Å². The Bertz CT molecular complexity index is 161. The van der Waals surface area contributed by atoms with Gasteiger partial charge in [-0.25, -0.2) is 0 Å². The zero-order valence-electron chi connectivity index (χ0n) is 8.01. The van der Waals surface area contributed by atoms with E-state index < -0.39 is 0 Å². The minimum absolute atomic E-state index is 0.120. The Morgan fingerprint density at radius 3 is 2.33 bits per heavy atom. The van der Waals surface area contributed by atoms with Crippen LogP contribution in [0.2, 0.25) is 0 Å². The van der Waals surface area contributed by atoms with Crippen molar-refractivity contribution in [3.05, 3.63) is 0 Å². The summed E-state index contributed by atoms with van der Waals surface area (Å²) in [5.41, 5.74) is 0. The summed E-state index contributed by atoms with van der Waals surface area (Å²) in [5, 5.41) is 0. The van der Waals surface area contributed by atoms with E-state index in [2.05, 4.69) is 13.8 Å². The van der Waals surface area contributed by atoms with Crippen molar-refractivity contribution in [2.75, 3.05) is 13.2 Å². The molecule has 2 fully saturated rings. The molecule has 1 spiro atoms. The highest BCUT2D eigenvalue weighted by Crippen LogP contribution is 2.59. The highest BCUT2D eigenvalue weighted by atomic mass is 16.7. The molecule has 0 aromatic carbocycles. The summed E-state index contributed by atoms with van der Waals surface area (Å²) in [6, 6.07) is 0. The van der Waals surface area contributed by atoms with Crippen molar-refractivity contribution in [2.45, 2.75) is 38.9 Å². The molecule has 2 rings (SSSR count). The van der Waals surface area contributed by atoms with E-state index in [1.807, 2.05) is 0 Å². The molecule has 0 amide bonds. The normalized spacial score (nSPS) is 37.5. The van der Waals surface area contributed by atoms with Crippen LogP contribution in [0.3, 0.4) is 0 Å². The summed E-state index contributed by atoms with van der Waals surface area (Å²) < 4.78 is 11.4. The van der Waals surface area contributed by atoms with Gasteiger partial charge in [0.25, 0.3) is 0 Å². The van der Waals surface area contributed by atoms with Crippen LogP contribution in [0.1, 0.15) is 33.1 Å². The Labute approximate surface area is 74.2 Å². The lowest BCUT2D eigenvalue weighted by atomic mass is 10.2. The zero-order chi connectivity index (χ0) is 8.60. The van der Waals surface area contributed by atoms with Gasteiger partial charge in [-0.3, -0.25) is 0 Å². The van der Waals surface area contributed by atoms with Crippen LogP contribution in [-0.2, 0) is 9.47 Å². The van der Waals surface area contributed by atoms with Crippen molar-refractivity contribution in [1.29, 1.82) is 0 Å². The summed E-state index contributed by atoms with van der Waals surface area (Å²) in [5.74, 6) is 1.25. The number of ether oxygens (including phenoxy) is 2. The van der Waals surface area contributed by atoms with Crippen molar-refractivity contribution >= 4 is 0 Å². The lowest BCUT2D eigenvalue weighted by Crippen LogP contribution is -2.14. The van der Waals surface area contributed by atoms with Gasteiger partial charge in [0.2, 0.25) is 0 Å². The zero-order valence-corrected chi connectivity index (χ0v) is 8.01. The number of hydrogen-bond acceptors (Lipinski definition) is 2. The summed E-state index contributed by atoms with van der Waals surface area (Å²) in [6.45, 7) is 6.06. The largest absolute Gasteiger partial charge is 0.347 e. The van der Waals surface area contributed by atoms with Gasteiger partial charge < -0.3 is 9.47 Å². The molecule has 1 heterocycles. The molecular weight excluding hydrogens is 152 g/mol. The second-order valence-electron chi connectivity index (χ2n) is 3.83. The minimum Gasteiger partial charge on any atom is -0.347 e. The van der Waals surface area contributed by atoms with Gasteiger partial charge in [-0.2, -0.15) is 0 Å². The van der Waals surface area contributed by atoms with Gasteiger partial charge in [-0.1, -0.05) is 20.3 Å². The van der Waals surface area contributed by atoms with Crippen LogP contribution < -0.4 is 0 Å². The fourth-order valence-corrected chi connectivity index (χ4v) is 2.63. The van der Waals surface area contributed by atoms with Crippen molar-refractivity contribution < 1.29 is 9.47 Å². The van der Waals surface area contributed by atoms with Gasteiger partial charge in [0.1, 0.15) is 0 Å². The van der Waals surface area contributed by atoms with Crippen molar-refractivity contribution in [3.63, 3.8) is 0 Å². The molecule has 0 aromatic heterocycles. The van der Waals surface area contributed by atoms with Crippen molar-refractivity contribution in [1.82, 2.24) is 0 Å². The molecule has 0 N–H and O–H groups in total. The molecule has 0 aromatic rings. The Morgan fingerprint density at radius 2 is 1.83 bits per heavy atom. The summed E-state index contributed by atoms with van der Waals surface area (Å²) >= 11 is 0. The first-order valence-electron chi connectivity index (χ1n) is 5.13. The third-order valence-corrected chi connectivity index (χ3v) is 3.19. The number of hydrogen-bond donors (Lipinski definition) is 0. The molecule has 2 unspecified atom stereocenters. The van der Waals surface area contributed by atoms with E-state index in [1.54, 1.807) is 0 Å². The standard InChI is InChI=1S/C10H18O2/c1-3-5-9-8(4-2)10(9)11-6-7-12-10/h8-9H,3-7H2,1-2H3. The Hall–Kier alpha value is -0.0800. The molecular formula is C10H18O2. The molecule has 0 bridgehead atoms. The molecule has 1 saturated heterocycles. The average molecular weight is 170 g/mol. The highest BCUT2D eigenvalue weighted by Gasteiger charge is 2.67. The van der Waals surface area contributed by atoms with Gasteiger partial charge in [0.05, 0.1) is 13.2 Å². The monoisotopic (exact) mass is 170 g/mol. The van der Waals surface area contributed by atoms with Gasteiger partial charge in [0.15, 0.2) is 5.79 Å². The molecule has 12 heavy (non-hydrogen) atoms. The third-order valence-electron chi connectivity index (χ3n) is 3.19. The van der Waals surface area contributed by atoms with Crippen LogP contribution in [-0.4, -0.2) is 19.0 Å². The SMILES string of the molecule is CCCC1C(CC)C12OCCO2. The smallest absolute Gasteiger partial charge is 0.174 e. The maximum atomic E-state index is 5.70. The van der Waals surface area contributed by atoms with E-state index in [-0.39, 0.29) is 5.79 Å². The van der Waals surface area contributed by atoms with Gasteiger partial charge in [0, 0.05) is 11.8 Å². The molecule has 70 valence electrons. The van der Waals surface area contributed by atoms with E-state index in [9.17, 15) is 0 Å². The van der Waals surface area contributed by atoms with Gasteiger partial charge >= 0.3 is 0 Å². The first-order chi connectivity index (χ1) is 5.85. The molecule has 1 aliphatic heterocycles. The number of rotatable bonds is 3. The van der Waals surface area contributed by atoms with Gasteiger partial charge in [-0.05, 0) is 12.8 Å². The summed E-state index contributed by atoms with van der Waals surface area (Å²) in [4.78, 5) is 0. The lowest BCUT2D eigenvalue weighted by Gasteiger charge is -2.07. The predicted molar refractivity (Wildman–Crippen MR) is 46.8 cm³/mol. The molecule has 2 nitrogen and oxygen atoms in total. The Balaban J connectivity index is 1.98. The van der Waals surface area contributed by atoms with Crippen molar-refractivity contribution in [3.8, 4) is 0 Å². The third kappa shape index (κ3) is 1.01. The lowest BCUT2D eigenvalue weighted by molar-refractivity contribution is -0.0937. The van der Waals surface area contributed by atoms with Crippen LogP contribution in [0.25, 0.3) is 0 Å². The quantitative estimate of drug-likeness (QED) is 0.646. The van der Waals surface area contributed by atoms with E-state index in [4.69, 9.17) is 9.47 Å². The fourth-order valence-electron chi connectivity index (χ4n) is 2.63. The topological polar surface area (TPSA) is 18.5 Å². The fraction of sp³-hybridized carbons (Fsp3) is 1.00. The minimum atomic E-state index is -0.120. The average Bonchev–Trinajstić information content (AvgIpc) is 2.47. The molecule has 2 aliphatic rings. The maximum Gasteiger partial charge on any atom is 0.174 e. The van der Waals surface area contributed by atoms with Crippen LogP contribution in [0, 0.1) is 11.8 Å². The summed E-state index contributed by atoms with van der Waals surface area (Å²) in [6.07, 6.45) is 3.71. The van der Waals surface area contributed by atoms with Crippen LogP contribution in [0.15, 0.2) is 0 Å². The Morgan fingerprint density at radius 1 is 1.17 bits per heavy atom. The molecule has 2 atom stereocenters. The van der Waals surface area contributed by atoms with E-state index in [0.717, 1.165) is 13.2 Å². The first kappa shape index (κ1) is 8.52. The second kappa shape index (κ2) is 3.00. The first-order valence-corrected chi connectivity index (χ1v) is 5.13. The van der Waals surface area contributed by atoms with E-state index >= 15 is 0 Å². The molecule has 1 saturated carbocycles. The molecule has 0 radical (unpaired) electrons. The Kier molecular flexibility index (Phi) is 2.13. The van der Waals surface area contributed by atoms with Gasteiger partial charge in [-0.15, -0.1) is 0 Å². The highest BCUT2D eigenvalue weighted by molar-refractivity contribution is 5.07. The maximum absolute atomic E-state index is 5.70. The van der Waals surface area contributed by atoms with Crippen LogP contribution in [0.4, 0.5) is 0 Å².